The lowest BCUT2D eigenvalue weighted by atomic mass is 9.93. The number of rotatable bonds is 2. The number of ether oxygens (including phenoxy) is 1. The average Bonchev–Trinajstić information content (AvgIpc) is 3.24. The number of nitrogens with one attached hydrogen (secondary N) is 1. The van der Waals surface area contributed by atoms with E-state index < -0.39 is 0 Å². The molecule has 1 saturated heterocycles. The summed E-state index contributed by atoms with van der Waals surface area (Å²) in [6.07, 6.45) is 4.61. The largest absolute Gasteiger partial charge is 0.469 e. The first-order valence-electron chi connectivity index (χ1n) is 8.50. The van der Waals surface area contributed by atoms with E-state index in [1.54, 1.807) is 6.26 Å². The maximum atomic E-state index is 12.9. The van der Waals surface area contributed by atoms with E-state index in [-0.39, 0.29) is 18.1 Å². The standard InChI is InChI=1S/C18H22N2O4/c1-12-5-6-17(24-12)15-11-22-10-8-20(15)18(21)19-14-3-2-4-16-13(14)7-9-23-16/h5-7,9,14-15H,2-4,8,10-11H2,1H3,(H,19,21). The summed E-state index contributed by atoms with van der Waals surface area (Å²) in [6.45, 7) is 3.47. The molecule has 1 fully saturated rings. The molecule has 3 heterocycles. The van der Waals surface area contributed by atoms with Crippen LogP contribution in [0.15, 0.2) is 33.3 Å². The molecule has 0 saturated carbocycles. The summed E-state index contributed by atoms with van der Waals surface area (Å²) in [4.78, 5) is 14.7. The fraction of sp³-hybridized carbons (Fsp3) is 0.500. The molecule has 128 valence electrons. The van der Waals surface area contributed by atoms with Crippen molar-refractivity contribution in [3.05, 3.63) is 47.3 Å². The van der Waals surface area contributed by atoms with Crippen LogP contribution in [0.3, 0.4) is 0 Å². The predicted molar refractivity (Wildman–Crippen MR) is 86.6 cm³/mol. The van der Waals surface area contributed by atoms with Gasteiger partial charge in [-0.05, 0) is 38.0 Å². The molecule has 2 atom stereocenters. The molecular weight excluding hydrogens is 308 g/mol. The van der Waals surface area contributed by atoms with Gasteiger partial charge in [0.05, 0.1) is 25.5 Å². The number of morpholine rings is 1. The van der Waals surface area contributed by atoms with Gasteiger partial charge in [0.15, 0.2) is 0 Å². The molecular formula is C18H22N2O4. The third-order valence-electron chi connectivity index (χ3n) is 4.83. The highest BCUT2D eigenvalue weighted by molar-refractivity contribution is 5.75. The number of furan rings is 2. The Morgan fingerprint density at radius 3 is 3.08 bits per heavy atom. The van der Waals surface area contributed by atoms with Crippen molar-refractivity contribution in [1.29, 1.82) is 0 Å². The number of carbonyl (C=O) groups excluding carboxylic acids is 1. The van der Waals surface area contributed by atoms with E-state index in [9.17, 15) is 4.79 Å². The molecule has 0 aromatic carbocycles. The molecule has 2 amide bonds. The molecule has 1 N–H and O–H groups in total. The first-order valence-corrected chi connectivity index (χ1v) is 8.50. The number of carbonyl (C=O) groups is 1. The number of fused-ring (bicyclic) bond motifs is 1. The first-order chi connectivity index (χ1) is 11.7. The summed E-state index contributed by atoms with van der Waals surface area (Å²) >= 11 is 0. The minimum Gasteiger partial charge on any atom is -0.469 e. The zero-order valence-corrected chi connectivity index (χ0v) is 13.8. The second-order valence-electron chi connectivity index (χ2n) is 6.43. The van der Waals surface area contributed by atoms with Crippen molar-refractivity contribution in [3.8, 4) is 0 Å². The molecule has 2 aromatic heterocycles. The summed E-state index contributed by atoms with van der Waals surface area (Å²) in [6, 6.07) is 5.56. The maximum Gasteiger partial charge on any atom is 0.318 e. The molecule has 1 aliphatic heterocycles. The van der Waals surface area contributed by atoms with Crippen LogP contribution in [0.25, 0.3) is 0 Å². The van der Waals surface area contributed by atoms with Crippen molar-refractivity contribution in [3.63, 3.8) is 0 Å². The van der Waals surface area contributed by atoms with E-state index in [1.165, 1.54) is 0 Å². The summed E-state index contributed by atoms with van der Waals surface area (Å²) in [5.41, 5.74) is 1.10. The van der Waals surface area contributed by atoms with Crippen molar-refractivity contribution in [2.75, 3.05) is 19.8 Å². The Balaban J connectivity index is 1.51. The Morgan fingerprint density at radius 1 is 1.33 bits per heavy atom. The van der Waals surface area contributed by atoms with Crippen LogP contribution in [0.1, 0.15) is 47.8 Å². The number of aryl methyl sites for hydroxylation is 2. The van der Waals surface area contributed by atoms with Gasteiger partial charge in [-0.25, -0.2) is 4.79 Å². The Labute approximate surface area is 140 Å². The van der Waals surface area contributed by atoms with E-state index in [2.05, 4.69) is 5.32 Å². The van der Waals surface area contributed by atoms with Crippen LogP contribution in [0, 0.1) is 6.92 Å². The third kappa shape index (κ3) is 2.82. The van der Waals surface area contributed by atoms with Gasteiger partial charge in [-0.15, -0.1) is 0 Å². The normalized spacial score (nSPS) is 23.8. The van der Waals surface area contributed by atoms with Crippen LogP contribution >= 0.6 is 0 Å². The highest BCUT2D eigenvalue weighted by Crippen LogP contribution is 2.32. The Bertz CT molecular complexity index is 720. The van der Waals surface area contributed by atoms with Crippen LogP contribution in [0.2, 0.25) is 0 Å². The minimum atomic E-state index is -0.181. The number of nitrogens with zero attached hydrogens (tertiary/aromatic N) is 1. The number of amides is 2. The van der Waals surface area contributed by atoms with Crippen LogP contribution in [-0.2, 0) is 11.2 Å². The van der Waals surface area contributed by atoms with Gasteiger partial charge in [0, 0.05) is 18.5 Å². The van der Waals surface area contributed by atoms with Gasteiger partial charge in [-0.3, -0.25) is 0 Å². The summed E-state index contributed by atoms with van der Waals surface area (Å²) in [5, 5.41) is 3.17. The van der Waals surface area contributed by atoms with Crippen molar-refractivity contribution < 1.29 is 18.4 Å². The molecule has 4 rings (SSSR count). The maximum absolute atomic E-state index is 12.9. The monoisotopic (exact) mass is 330 g/mol. The van der Waals surface area contributed by atoms with Crippen LogP contribution in [-0.4, -0.2) is 30.7 Å². The van der Waals surface area contributed by atoms with Gasteiger partial charge in [0.1, 0.15) is 23.3 Å². The summed E-state index contributed by atoms with van der Waals surface area (Å²) in [7, 11) is 0. The molecule has 2 aliphatic rings. The number of urea groups is 1. The lowest BCUT2D eigenvalue weighted by Crippen LogP contribution is -2.49. The molecule has 6 heteroatoms. The molecule has 0 spiro atoms. The second-order valence-corrected chi connectivity index (χ2v) is 6.43. The fourth-order valence-corrected chi connectivity index (χ4v) is 3.58. The zero-order chi connectivity index (χ0) is 16.5. The molecule has 0 bridgehead atoms. The lowest BCUT2D eigenvalue weighted by molar-refractivity contribution is 0.00335. The first kappa shape index (κ1) is 15.3. The lowest BCUT2D eigenvalue weighted by Gasteiger charge is -2.36. The zero-order valence-electron chi connectivity index (χ0n) is 13.8. The number of hydrogen-bond acceptors (Lipinski definition) is 4. The Morgan fingerprint density at radius 2 is 2.25 bits per heavy atom. The van der Waals surface area contributed by atoms with Gasteiger partial charge < -0.3 is 23.8 Å². The topological polar surface area (TPSA) is 67.8 Å². The molecule has 6 nitrogen and oxygen atoms in total. The Hall–Kier alpha value is -2.21. The van der Waals surface area contributed by atoms with Gasteiger partial charge >= 0.3 is 6.03 Å². The van der Waals surface area contributed by atoms with Crippen molar-refractivity contribution >= 4 is 6.03 Å². The molecule has 2 unspecified atom stereocenters. The van der Waals surface area contributed by atoms with Gasteiger partial charge in [-0.2, -0.15) is 0 Å². The smallest absolute Gasteiger partial charge is 0.318 e. The summed E-state index contributed by atoms with van der Waals surface area (Å²) in [5.74, 6) is 2.60. The molecule has 24 heavy (non-hydrogen) atoms. The molecule has 1 aliphatic carbocycles. The molecule has 0 radical (unpaired) electrons. The van der Waals surface area contributed by atoms with Gasteiger partial charge in [-0.1, -0.05) is 0 Å². The van der Waals surface area contributed by atoms with Gasteiger partial charge in [0.25, 0.3) is 0 Å². The Kier molecular flexibility index (Phi) is 4.06. The van der Waals surface area contributed by atoms with E-state index in [0.717, 1.165) is 42.1 Å². The van der Waals surface area contributed by atoms with Crippen LogP contribution in [0.4, 0.5) is 4.79 Å². The van der Waals surface area contributed by atoms with Crippen molar-refractivity contribution in [2.45, 2.75) is 38.3 Å². The molecule has 2 aromatic rings. The van der Waals surface area contributed by atoms with Crippen LogP contribution < -0.4 is 5.32 Å². The number of hydrogen-bond donors (Lipinski definition) is 1. The average molecular weight is 330 g/mol. The minimum absolute atomic E-state index is 0.0156. The second kappa shape index (κ2) is 6.36. The fourth-order valence-electron chi connectivity index (χ4n) is 3.58. The highest BCUT2D eigenvalue weighted by Gasteiger charge is 2.33. The highest BCUT2D eigenvalue weighted by atomic mass is 16.5. The van der Waals surface area contributed by atoms with Crippen molar-refractivity contribution in [1.82, 2.24) is 10.2 Å². The predicted octanol–water partition coefficient (Wildman–Crippen LogP) is 3.34. The SMILES string of the molecule is Cc1ccc(C2COCCN2C(=O)NC2CCCc3occc32)o1. The van der Waals surface area contributed by atoms with E-state index in [1.807, 2.05) is 30.0 Å². The quantitative estimate of drug-likeness (QED) is 0.917. The van der Waals surface area contributed by atoms with E-state index >= 15 is 0 Å². The van der Waals surface area contributed by atoms with Crippen LogP contribution in [0.5, 0.6) is 0 Å². The van der Waals surface area contributed by atoms with E-state index in [4.69, 9.17) is 13.6 Å². The third-order valence-corrected chi connectivity index (χ3v) is 4.83. The van der Waals surface area contributed by atoms with E-state index in [0.29, 0.717) is 19.8 Å². The van der Waals surface area contributed by atoms with Crippen molar-refractivity contribution in [2.24, 2.45) is 0 Å². The van der Waals surface area contributed by atoms with Gasteiger partial charge in [0.2, 0.25) is 0 Å². The summed E-state index contributed by atoms with van der Waals surface area (Å²) < 4.78 is 16.8.